The fourth-order valence-electron chi connectivity index (χ4n) is 3.22. The molecule has 0 atom stereocenters. The third-order valence-corrected chi connectivity index (χ3v) is 4.89. The van der Waals surface area contributed by atoms with Gasteiger partial charge in [-0.1, -0.05) is 36.7 Å². The summed E-state index contributed by atoms with van der Waals surface area (Å²) in [7, 11) is 0. The maximum atomic E-state index is 14.5. The minimum Gasteiger partial charge on any atom is -0.338 e. The number of hydrogen-bond donors (Lipinski definition) is 1. The summed E-state index contributed by atoms with van der Waals surface area (Å²) in [4.78, 5) is 8.55. The minimum absolute atomic E-state index is 0.392. The number of hydrogen-bond acceptors (Lipinski definition) is 3. The predicted molar refractivity (Wildman–Crippen MR) is 107 cm³/mol. The first kappa shape index (κ1) is 17.5. The summed E-state index contributed by atoms with van der Waals surface area (Å²) in [5.74, 6) is 0.265. The first-order valence-electron chi connectivity index (χ1n) is 8.72. The smallest absolute Gasteiger partial charge is 0.151 e. The van der Waals surface area contributed by atoms with E-state index in [1.165, 1.54) is 6.20 Å². The Morgan fingerprint density at radius 1 is 1.15 bits per heavy atom. The summed E-state index contributed by atoms with van der Waals surface area (Å²) in [6.07, 6.45) is 3.57. The molecule has 0 aliphatic carbocycles. The van der Waals surface area contributed by atoms with Crippen LogP contribution in [0.4, 0.5) is 15.9 Å². The molecule has 3 aromatic heterocycles. The van der Waals surface area contributed by atoms with E-state index >= 15 is 0 Å². The van der Waals surface area contributed by atoms with Gasteiger partial charge in [-0.25, -0.2) is 9.37 Å². The maximum absolute atomic E-state index is 14.5. The monoisotopic (exact) mass is 380 g/mol. The maximum Gasteiger partial charge on any atom is 0.151 e. The lowest BCUT2D eigenvalue weighted by Crippen LogP contribution is -2.03. The van der Waals surface area contributed by atoms with E-state index in [1.807, 2.05) is 47.7 Å². The second-order valence-corrected chi connectivity index (χ2v) is 6.69. The number of anilines is 2. The van der Waals surface area contributed by atoms with Crippen LogP contribution in [-0.4, -0.2) is 14.4 Å². The highest BCUT2D eigenvalue weighted by Gasteiger charge is 2.20. The van der Waals surface area contributed by atoms with Crippen LogP contribution >= 0.6 is 11.6 Å². The quantitative estimate of drug-likeness (QED) is 0.486. The van der Waals surface area contributed by atoms with Crippen molar-refractivity contribution in [3.63, 3.8) is 0 Å². The van der Waals surface area contributed by atoms with Gasteiger partial charge in [0.25, 0.3) is 0 Å². The largest absolute Gasteiger partial charge is 0.338 e. The Bertz CT molecular complexity index is 1120. The van der Waals surface area contributed by atoms with Crippen LogP contribution in [0, 0.1) is 12.7 Å². The number of para-hydroxylation sites is 1. The van der Waals surface area contributed by atoms with E-state index in [-0.39, 0.29) is 0 Å². The van der Waals surface area contributed by atoms with Crippen molar-refractivity contribution < 1.29 is 4.39 Å². The zero-order valence-corrected chi connectivity index (χ0v) is 15.8. The van der Waals surface area contributed by atoms with E-state index in [4.69, 9.17) is 16.6 Å². The van der Waals surface area contributed by atoms with Gasteiger partial charge in [-0.2, -0.15) is 0 Å². The molecule has 0 aliphatic heterocycles. The summed E-state index contributed by atoms with van der Waals surface area (Å²) in [6, 6.07) is 13.2. The van der Waals surface area contributed by atoms with Gasteiger partial charge in [0.1, 0.15) is 17.2 Å². The van der Waals surface area contributed by atoms with E-state index < -0.39 is 5.82 Å². The topological polar surface area (TPSA) is 42.2 Å². The van der Waals surface area contributed by atoms with Crippen molar-refractivity contribution in [1.29, 1.82) is 0 Å². The normalized spacial score (nSPS) is 11.1. The third kappa shape index (κ3) is 3.04. The zero-order valence-electron chi connectivity index (χ0n) is 15.0. The molecule has 4 nitrogen and oxygen atoms in total. The number of fused-ring (bicyclic) bond motifs is 1. The molecular weight excluding hydrogens is 363 g/mol. The fraction of sp³-hybridized carbons (Fsp3) is 0.143. The van der Waals surface area contributed by atoms with Gasteiger partial charge in [0, 0.05) is 17.5 Å². The number of halogens is 2. The van der Waals surface area contributed by atoms with Gasteiger partial charge in [-0.05, 0) is 43.2 Å². The Morgan fingerprint density at radius 3 is 2.70 bits per heavy atom. The molecule has 0 saturated carbocycles. The third-order valence-electron chi connectivity index (χ3n) is 4.58. The molecule has 1 aromatic carbocycles. The number of nitrogens with zero attached hydrogens (tertiary/aromatic N) is 3. The lowest BCUT2D eigenvalue weighted by Gasteiger charge is -2.14. The van der Waals surface area contributed by atoms with Crippen molar-refractivity contribution in [3.8, 4) is 11.3 Å². The van der Waals surface area contributed by atoms with Crippen LogP contribution in [-0.2, 0) is 6.42 Å². The summed E-state index contributed by atoms with van der Waals surface area (Å²) in [6.45, 7) is 4.05. The summed E-state index contributed by atoms with van der Waals surface area (Å²) < 4.78 is 16.5. The molecule has 0 bridgehead atoms. The summed E-state index contributed by atoms with van der Waals surface area (Å²) in [5, 5.41) is 4.01. The first-order chi connectivity index (χ1) is 13.1. The van der Waals surface area contributed by atoms with Crippen LogP contribution in [0.1, 0.15) is 18.2 Å². The highest BCUT2D eigenvalue weighted by Crippen LogP contribution is 2.36. The average Bonchev–Trinajstić information content (AvgIpc) is 3.03. The Kier molecular flexibility index (Phi) is 4.54. The molecule has 27 heavy (non-hydrogen) atoms. The number of imidazole rings is 1. The lowest BCUT2D eigenvalue weighted by molar-refractivity contribution is 0.624. The molecule has 0 fully saturated rings. The van der Waals surface area contributed by atoms with E-state index in [2.05, 4.69) is 17.2 Å². The Morgan fingerprint density at radius 2 is 1.96 bits per heavy atom. The minimum atomic E-state index is -0.419. The summed E-state index contributed by atoms with van der Waals surface area (Å²) >= 11 is 6.42. The average molecular weight is 381 g/mol. The highest BCUT2D eigenvalue weighted by atomic mass is 35.5. The Labute approximate surface area is 161 Å². The molecule has 0 spiro atoms. The van der Waals surface area contributed by atoms with Crippen LogP contribution in [0.3, 0.4) is 0 Å². The van der Waals surface area contributed by atoms with Crippen LogP contribution in [0.25, 0.3) is 16.9 Å². The number of nitrogens with one attached hydrogen (secondary N) is 1. The first-order valence-corrected chi connectivity index (χ1v) is 9.10. The van der Waals surface area contributed by atoms with Crippen LogP contribution in [0.15, 0.2) is 54.9 Å². The van der Waals surface area contributed by atoms with E-state index in [9.17, 15) is 4.39 Å². The lowest BCUT2D eigenvalue weighted by atomic mass is 10.1. The Hall–Kier alpha value is -2.92. The molecule has 4 rings (SSSR count). The van der Waals surface area contributed by atoms with Crippen LogP contribution < -0.4 is 5.32 Å². The van der Waals surface area contributed by atoms with Crippen LogP contribution in [0.5, 0.6) is 0 Å². The second-order valence-electron chi connectivity index (χ2n) is 6.29. The molecule has 136 valence electrons. The van der Waals surface area contributed by atoms with E-state index in [0.717, 1.165) is 29.0 Å². The predicted octanol–water partition coefficient (Wildman–Crippen LogP) is 5.80. The molecule has 0 aliphatic rings. The molecule has 6 heteroatoms. The van der Waals surface area contributed by atoms with E-state index in [1.54, 1.807) is 12.3 Å². The van der Waals surface area contributed by atoms with Crippen molar-refractivity contribution in [2.24, 2.45) is 0 Å². The molecule has 1 N–H and O–H groups in total. The van der Waals surface area contributed by atoms with Crippen molar-refractivity contribution in [3.05, 3.63) is 77.0 Å². The van der Waals surface area contributed by atoms with Crippen molar-refractivity contribution in [1.82, 2.24) is 14.4 Å². The molecular formula is C21H18ClFN4. The SMILES string of the molecule is CCc1cccc2nc(-c3ccncc3F)c(Nc3c(C)cccc3Cl)n12. The molecule has 0 saturated heterocycles. The zero-order chi connectivity index (χ0) is 19.0. The molecule has 0 unspecified atom stereocenters. The van der Waals surface area contributed by atoms with Crippen molar-refractivity contribution >= 4 is 28.8 Å². The number of rotatable bonds is 4. The van der Waals surface area contributed by atoms with Gasteiger partial charge in [0.15, 0.2) is 5.82 Å². The molecule has 4 aromatic rings. The summed E-state index contributed by atoms with van der Waals surface area (Å²) in [5.41, 5.74) is 4.49. The fourth-order valence-corrected chi connectivity index (χ4v) is 3.48. The van der Waals surface area contributed by atoms with Crippen LogP contribution in [0.2, 0.25) is 5.02 Å². The van der Waals surface area contributed by atoms with Gasteiger partial charge in [0.2, 0.25) is 0 Å². The second kappa shape index (κ2) is 7.00. The van der Waals surface area contributed by atoms with Gasteiger partial charge < -0.3 is 5.32 Å². The van der Waals surface area contributed by atoms with Crippen molar-refractivity contribution in [2.45, 2.75) is 20.3 Å². The van der Waals surface area contributed by atoms with Gasteiger partial charge in [-0.15, -0.1) is 0 Å². The van der Waals surface area contributed by atoms with Gasteiger partial charge in [-0.3, -0.25) is 9.38 Å². The standard InChI is InChI=1S/C21H18ClFN4/c1-3-14-7-5-9-18-25-20(15-10-11-24-12-17(15)23)21(27(14)18)26-19-13(2)6-4-8-16(19)22/h4-12,26H,3H2,1-2H3. The number of aryl methyl sites for hydroxylation is 2. The number of pyridine rings is 2. The molecule has 0 amide bonds. The Balaban J connectivity index is 2.02. The van der Waals surface area contributed by atoms with E-state index in [0.29, 0.717) is 22.1 Å². The number of aromatic nitrogens is 3. The highest BCUT2D eigenvalue weighted by molar-refractivity contribution is 6.33. The number of benzene rings is 1. The van der Waals surface area contributed by atoms with Gasteiger partial charge >= 0.3 is 0 Å². The van der Waals surface area contributed by atoms with Gasteiger partial charge in [0.05, 0.1) is 16.9 Å². The molecule has 0 radical (unpaired) electrons. The van der Waals surface area contributed by atoms with Crippen molar-refractivity contribution in [2.75, 3.05) is 5.32 Å². The molecule has 3 heterocycles.